The number of carbonyl (C=O) groups excluding carboxylic acids is 2. The van der Waals surface area contributed by atoms with Crippen LogP contribution < -0.4 is 10.1 Å². The number of benzene rings is 2. The molecule has 0 bridgehead atoms. The Labute approximate surface area is 169 Å². The van der Waals surface area contributed by atoms with Gasteiger partial charge in [0.15, 0.2) is 0 Å². The van der Waals surface area contributed by atoms with E-state index in [9.17, 15) is 14.7 Å². The lowest BCUT2D eigenvalue weighted by atomic mass is 10.1. The molecule has 1 fully saturated rings. The maximum absolute atomic E-state index is 12.9. The van der Waals surface area contributed by atoms with Crippen molar-refractivity contribution in [2.75, 3.05) is 13.2 Å². The van der Waals surface area contributed by atoms with E-state index in [4.69, 9.17) is 16.3 Å². The summed E-state index contributed by atoms with van der Waals surface area (Å²) in [6, 6.07) is 13.3. The Morgan fingerprint density at radius 1 is 1.25 bits per heavy atom. The highest BCUT2D eigenvalue weighted by Gasteiger charge is 2.39. The molecule has 3 rings (SSSR count). The second-order valence-corrected chi connectivity index (χ2v) is 7.10. The van der Waals surface area contributed by atoms with Gasteiger partial charge in [-0.05, 0) is 42.8 Å². The Bertz CT molecular complexity index is 841. The van der Waals surface area contributed by atoms with Gasteiger partial charge in [-0.3, -0.25) is 9.59 Å². The number of amides is 2. The topological polar surface area (TPSA) is 78.9 Å². The highest BCUT2D eigenvalue weighted by atomic mass is 35.5. The SMILES string of the molecule is CCOc1cccc(C(=O)N2CC(O)CC2C(=O)NCc2ccc(Cl)cc2)c1. The minimum Gasteiger partial charge on any atom is -0.494 e. The average Bonchev–Trinajstić information content (AvgIpc) is 3.09. The maximum Gasteiger partial charge on any atom is 0.254 e. The first-order chi connectivity index (χ1) is 13.5. The van der Waals surface area contributed by atoms with Gasteiger partial charge in [0, 0.05) is 30.1 Å². The summed E-state index contributed by atoms with van der Waals surface area (Å²) >= 11 is 5.87. The fourth-order valence-electron chi connectivity index (χ4n) is 3.25. The summed E-state index contributed by atoms with van der Waals surface area (Å²) < 4.78 is 5.44. The van der Waals surface area contributed by atoms with Crippen LogP contribution in [0.3, 0.4) is 0 Å². The van der Waals surface area contributed by atoms with Crippen LogP contribution in [0.5, 0.6) is 5.75 Å². The molecule has 0 aromatic heterocycles. The molecule has 1 aliphatic rings. The molecule has 1 heterocycles. The number of halogens is 1. The standard InChI is InChI=1S/C21H23ClN2O4/c1-2-28-18-5-3-4-15(10-18)21(27)24-13-17(25)11-19(24)20(26)23-12-14-6-8-16(22)9-7-14/h3-10,17,19,25H,2,11-13H2,1H3,(H,23,26). The van der Waals surface area contributed by atoms with Crippen molar-refractivity contribution < 1.29 is 19.4 Å². The highest BCUT2D eigenvalue weighted by molar-refractivity contribution is 6.30. The van der Waals surface area contributed by atoms with Crippen LogP contribution in [0.25, 0.3) is 0 Å². The van der Waals surface area contributed by atoms with Crippen LogP contribution in [0.4, 0.5) is 0 Å². The first-order valence-corrected chi connectivity index (χ1v) is 9.59. The van der Waals surface area contributed by atoms with Crippen LogP contribution in [-0.2, 0) is 11.3 Å². The average molecular weight is 403 g/mol. The highest BCUT2D eigenvalue weighted by Crippen LogP contribution is 2.23. The molecule has 148 valence electrons. The zero-order chi connectivity index (χ0) is 20.1. The summed E-state index contributed by atoms with van der Waals surface area (Å²) in [4.78, 5) is 27.0. The second-order valence-electron chi connectivity index (χ2n) is 6.67. The van der Waals surface area contributed by atoms with Gasteiger partial charge in [0.1, 0.15) is 11.8 Å². The zero-order valence-electron chi connectivity index (χ0n) is 15.6. The van der Waals surface area contributed by atoms with Gasteiger partial charge in [0.05, 0.1) is 12.7 Å². The monoisotopic (exact) mass is 402 g/mol. The van der Waals surface area contributed by atoms with Gasteiger partial charge in [-0.15, -0.1) is 0 Å². The molecule has 1 aliphatic heterocycles. The predicted molar refractivity (Wildman–Crippen MR) is 106 cm³/mol. The van der Waals surface area contributed by atoms with Crippen LogP contribution >= 0.6 is 11.6 Å². The molecule has 2 N–H and O–H groups in total. The van der Waals surface area contributed by atoms with Crippen molar-refractivity contribution in [1.29, 1.82) is 0 Å². The van der Waals surface area contributed by atoms with Crippen LogP contribution in [0, 0.1) is 0 Å². The summed E-state index contributed by atoms with van der Waals surface area (Å²) in [5.74, 6) is 0.00222. The summed E-state index contributed by atoms with van der Waals surface area (Å²) in [6.07, 6.45) is -0.520. The molecular formula is C21H23ClN2O4. The number of rotatable bonds is 6. The van der Waals surface area contributed by atoms with Gasteiger partial charge >= 0.3 is 0 Å². The van der Waals surface area contributed by atoms with Crippen molar-refractivity contribution in [2.45, 2.75) is 32.0 Å². The second kappa shape index (κ2) is 9.08. The molecule has 6 nitrogen and oxygen atoms in total. The number of carbonyl (C=O) groups is 2. The van der Waals surface area contributed by atoms with E-state index in [0.717, 1.165) is 5.56 Å². The molecule has 2 aromatic rings. The lowest BCUT2D eigenvalue weighted by molar-refractivity contribution is -0.125. The number of nitrogens with one attached hydrogen (secondary N) is 1. The minimum absolute atomic E-state index is 0.122. The van der Waals surface area contributed by atoms with Crippen molar-refractivity contribution in [1.82, 2.24) is 10.2 Å². The van der Waals surface area contributed by atoms with Crippen molar-refractivity contribution in [3.63, 3.8) is 0 Å². The van der Waals surface area contributed by atoms with E-state index in [1.165, 1.54) is 4.90 Å². The van der Waals surface area contributed by atoms with E-state index in [2.05, 4.69) is 5.32 Å². The molecule has 28 heavy (non-hydrogen) atoms. The molecule has 2 atom stereocenters. The molecule has 2 aromatic carbocycles. The van der Waals surface area contributed by atoms with E-state index in [-0.39, 0.29) is 24.8 Å². The largest absolute Gasteiger partial charge is 0.494 e. The van der Waals surface area contributed by atoms with Gasteiger partial charge in [0.25, 0.3) is 5.91 Å². The third-order valence-corrected chi connectivity index (χ3v) is 4.87. The van der Waals surface area contributed by atoms with E-state index in [1.807, 2.05) is 19.1 Å². The van der Waals surface area contributed by atoms with Crippen LogP contribution in [0.1, 0.15) is 29.3 Å². The molecule has 1 saturated heterocycles. The van der Waals surface area contributed by atoms with Crippen LogP contribution in [-0.4, -0.2) is 47.1 Å². The molecule has 7 heteroatoms. The van der Waals surface area contributed by atoms with E-state index >= 15 is 0 Å². The molecule has 0 saturated carbocycles. The van der Waals surface area contributed by atoms with Crippen LogP contribution in [0.15, 0.2) is 48.5 Å². The number of hydrogen-bond acceptors (Lipinski definition) is 4. The van der Waals surface area contributed by atoms with Gasteiger partial charge in [-0.25, -0.2) is 0 Å². The Morgan fingerprint density at radius 2 is 2.00 bits per heavy atom. The first-order valence-electron chi connectivity index (χ1n) is 9.22. The number of likely N-dealkylation sites (tertiary alicyclic amines) is 1. The Kier molecular flexibility index (Phi) is 6.54. The molecule has 0 aliphatic carbocycles. The van der Waals surface area contributed by atoms with Gasteiger partial charge in [0.2, 0.25) is 5.91 Å². The number of aliphatic hydroxyl groups excluding tert-OH is 1. The third kappa shape index (κ3) is 4.82. The number of ether oxygens (including phenoxy) is 1. The number of aliphatic hydroxyl groups is 1. The van der Waals surface area contributed by atoms with Crippen molar-refractivity contribution in [3.8, 4) is 5.75 Å². The van der Waals surface area contributed by atoms with Gasteiger partial charge < -0.3 is 20.1 Å². The van der Waals surface area contributed by atoms with E-state index in [1.54, 1.807) is 36.4 Å². The summed E-state index contributed by atoms with van der Waals surface area (Å²) in [5.41, 5.74) is 1.33. The first kappa shape index (κ1) is 20.2. The smallest absolute Gasteiger partial charge is 0.254 e. The van der Waals surface area contributed by atoms with Gasteiger partial charge in [-0.1, -0.05) is 29.8 Å². The van der Waals surface area contributed by atoms with Crippen molar-refractivity contribution in [2.24, 2.45) is 0 Å². The van der Waals surface area contributed by atoms with E-state index < -0.39 is 12.1 Å². The summed E-state index contributed by atoms with van der Waals surface area (Å²) in [5, 5.41) is 13.5. The Balaban J connectivity index is 1.69. The van der Waals surface area contributed by atoms with Gasteiger partial charge in [-0.2, -0.15) is 0 Å². The van der Waals surface area contributed by atoms with Crippen LogP contribution in [0.2, 0.25) is 5.02 Å². The van der Waals surface area contributed by atoms with Crippen molar-refractivity contribution >= 4 is 23.4 Å². The molecular weight excluding hydrogens is 380 g/mol. The number of hydrogen-bond donors (Lipinski definition) is 2. The molecule has 2 amide bonds. The third-order valence-electron chi connectivity index (χ3n) is 4.61. The fraction of sp³-hybridized carbons (Fsp3) is 0.333. The summed E-state index contributed by atoms with van der Waals surface area (Å²) in [7, 11) is 0. The molecule has 2 unspecified atom stereocenters. The lowest BCUT2D eigenvalue weighted by Gasteiger charge is -2.24. The summed E-state index contributed by atoms with van der Waals surface area (Å²) in [6.45, 7) is 2.81. The zero-order valence-corrected chi connectivity index (χ0v) is 16.4. The minimum atomic E-state index is -0.731. The normalized spacial score (nSPS) is 18.8. The lowest BCUT2D eigenvalue weighted by Crippen LogP contribution is -2.45. The molecule has 0 spiro atoms. The molecule has 0 radical (unpaired) electrons. The number of nitrogens with zero attached hydrogens (tertiary/aromatic N) is 1. The quantitative estimate of drug-likeness (QED) is 0.778. The Hall–Kier alpha value is -2.57. The maximum atomic E-state index is 12.9. The van der Waals surface area contributed by atoms with E-state index in [0.29, 0.717) is 29.5 Å². The number of β-amino-alcohol motifs (C(OH)–C–C–N with tert-alkyl or cyclic N) is 1. The Morgan fingerprint density at radius 3 is 2.71 bits per heavy atom. The van der Waals surface area contributed by atoms with Crippen molar-refractivity contribution in [3.05, 3.63) is 64.7 Å². The fourth-order valence-corrected chi connectivity index (χ4v) is 3.37. The predicted octanol–water partition coefficient (Wildman–Crippen LogP) is 2.63.